The molecule has 0 bridgehead atoms. The summed E-state index contributed by atoms with van der Waals surface area (Å²) in [7, 11) is 0. The second-order valence-electron chi connectivity index (χ2n) is 4.40. The third kappa shape index (κ3) is 3.89. The molecule has 0 radical (unpaired) electrons. The van der Waals surface area contributed by atoms with Crippen LogP contribution in [0.2, 0.25) is 0 Å². The fraction of sp³-hybridized carbons (Fsp3) is 0.462. The standard InChI is InChI=1S/C13H16N2O3S/c16-11(14-9-10-3-2-8-19-10)4-1-7-15-12(17)5-6-13(15)18/h2-3,8H,1,4-7,9H2,(H,14,16). The molecule has 0 aromatic carbocycles. The van der Waals surface area contributed by atoms with Gasteiger partial charge in [0.15, 0.2) is 0 Å². The van der Waals surface area contributed by atoms with Crippen molar-refractivity contribution in [3.63, 3.8) is 0 Å². The van der Waals surface area contributed by atoms with E-state index in [1.54, 1.807) is 11.3 Å². The molecule has 19 heavy (non-hydrogen) atoms. The Hall–Kier alpha value is -1.69. The Bertz CT molecular complexity index is 454. The van der Waals surface area contributed by atoms with E-state index in [-0.39, 0.29) is 17.7 Å². The number of hydrogen-bond acceptors (Lipinski definition) is 4. The van der Waals surface area contributed by atoms with Crippen LogP contribution in [0.1, 0.15) is 30.6 Å². The number of carbonyl (C=O) groups is 3. The lowest BCUT2D eigenvalue weighted by atomic mass is 10.2. The predicted molar refractivity (Wildman–Crippen MR) is 71.4 cm³/mol. The van der Waals surface area contributed by atoms with Gasteiger partial charge < -0.3 is 5.32 Å². The smallest absolute Gasteiger partial charge is 0.229 e. The molecule has 1 saturated heterocycles. The maximum Gasteiger partial charge on any atom is 0.229 e. The van der Waals surface area contributed by atoms with Gasteiger partial charge in [-0.05, 0) is 17.9 Å². The summed E-state index contributed by atoms with van der Waals surface area (Å²) in [4.78, 5) is 36.6. The van der Waals surface area contributed by atoms with Crippen LogP contribution in [0.3, 0.4) is 0 Å². The fourth-order valence-electron chi connectivity index (χ4n) is 1.96. The highest BCUT2D eigenvalue weighted by Gasteiger charge is 2.28. The first kappa shape index (κ1) is 13.7. The quantitative estimate of drug-likeness (QED) is 0.799. The molecular weight excluding hydrogens is 264 g/mol. The molecule has 5 nitrogen and oxygen atoms in total. The van der Waals surface area contributed by atoms with Gasteiger partial charge in [-0.25, -0.2) is 0 Å². The Kier molecular flexibility index (Phi) is 4.68. The Morgan fingerprint density at radius 1 is 1.32 bits per heavy atom. The molecule has 0 saturated carbocycles. The van der Waals surface area contributed by atoms with E-state index >= 15 is 0 Å². The molecule has 2 rings (SSSR count). The summed E-state index contributed by atoms with van der Waals surface area (Å²) in [5, 5.41) is 4.78. The minimum Gasteiger partial charge on any atom is -0.351 e. The molecule has 1 fully saturated rings. The van der Waals surface area contributed by atoms with Crippen molar-refractivity contribution in [3.8, 4) is 0 Å². The summed E-state index contributed by atoms with van der Waals surface area (Å²) in [5.41, 5.74) is 0. The number of amides is 3. The zero-order valence-electron chi connectivity index (χ0n) is 10.6. The van der Waals surface area contributed by atoms with Gasteiger partial charge in [0.2, 0.25) is 17.7 Å². The number of nitrogens with one attached hydrogen (secondary N) is 1. The van der Waals surface area contributed by atoms with Crippen LogP contribution in [0.15, 0.2) is 17.5 Å². The van der Waals surface area contributed by atoms with E-state index in [2.05, 4.69) is 5.32 Å². The second kappa shape index (κ2) is 6.47. The van der Waals surface area contributed by atoms with E-state index < -0.39 is 0 Å². The van der Waals surface area contributed by atoms with Gasteiger partial charge in [0.25, 0.3) is 0 Å². The van der Waals surface area contributed by atoms with Crippen molar-refractivity contribution in [2.24, 2.45) is 0 Å². The number of rotatable bonds is 6. The molecule has 1 aliphatic heterocycles. The first-order valence-corrected chi connectivity index (χ1v) is 7.17. The van der Waals surface area contributed by atoms with Gasteiger partial charge >= 0.3 is 0 Å². The molecule has 1 aliphatic rings. The normalized spacial score (nSPS) is 15.1. The predicted octanol–water partition coefficient (Wildman–Crippen LogP) is 1.29. The van der Waals surface area contributed by atoms with E-state index in [0.29, 0.717) is 38.8 Å². The molecule has 0 aliphatic carbocycles. The lowest BCUT2D eigenvalue weighted by molar-refractivity contribution is -0.138. The van der Waals surface area contributed by atoms with Crippen LogP contribution in [0.25, 0.3) is 0 Å². The number of nitrogens with zero attached hydrogens (tertiary/aromatic N) is 1. The highest BCUT2D eigenvalue weighted by atomic mass is 32.1. The van der Waals surface area contributed by atoms with Crippen LogP contribution in [0, 0.1) is 0 Å². The Morgan fingerprint density at radius 2 is 2.05 bits per heavy atom. The first-order valence-electron chi connectivity index (χ1n) is 6.29. The molecule has 3 amide bonds. The van der Waals surface area contributed by atoms with Crippen molar-refractivity contribution >= 4 is 29.1 Å². The SMILES string of the molecule is O=C(CCCN1C(=O)CCC1=O)NCc1cccs1. The minimum absolute atomic E-state index is 0.0486. The summed E-state index contributed by atoms with van der Waals surface area (Å²) >= 11 is 1.60. The van der Waals surface area contributed by atoms with E-state index in [0.717, 1.165) is 4.88 Å². The molecule has 0 unspecified atom stereocenters. The van der Waals surface area contributed by atoms with Crippen LogP contribution in [-0.2, 0) is 20.9 Å². The van der Waals surface area contributed by atoms with Gasteiger partial charge in [0, 0.05) is 30.7 Å². The van der Waals surface area contributed by atoms with Crippen LogP contribution < -0.4 is 5.32 Å². The summed E-state index contributed by atoms with van der Waals surface area (Å²) in [5.74, 6) is -0.291. The Morgan fingerprint density at radius 3 is 2.68 bits per heavy atom. The Balaban J connectivity index is 1.64. The van der Waals surface area contributed by atoms with E-state index in [9.17, 15) is 14.4 Å². The molecular formula is C13H16N2O3S. The highest BCUT2D eigenvalue weighted by molar-refractivity contribution is 7.09. The minimum atomic E-state index is -0.121. The van der Waals surface area contributed by atoms with Crippen molar-refractivity contribution in [1.29, 1.82) is 0 Å². The summed E-state index contributed by atoms with van der Waals surface area (Å²) in [6, 6.07) is 3.91. The zero-order chi connectivity index (χ0) is 13.7. The molecule has 1 aromatic rings. The average Bonchev–Trinajstić information content (AvgIpc) is 3.00. The van der Waals surface area contributed by atoms with Crippen LogP contribution >= 0.6 is 11.3 Å². The maximum absolute atomic E-state index is 11.6. The third-order valence-corrected chi connectivity index (χ3v) is 3.86. The maximum atomic E-state index is 11.6. The van der Waals surface area contributed by atoms with E-state index in [4.69, 9.17) is 0 Å². The first-order chi connectivity index (χ1) is 9.16. The number of carbonyl (C=O) groups excluding carboxylic acids is 3. The Labute approximate surface area is 115 Å². The average molecular weight is 280 g/mol. The van der Waals surface area contributed by atoms with Crippen molar-refractivity contribution in [3.05, 3.63) is 22.4 Å². The summed E-state index contributed by atoms with van der Waals surface area (Å²) in [6.45, 7) is 0.891. The molecule has 0 spiro atoms. The zero-order valence-corrected chi connectivity index (χ0v) is 11.4. The van der Waals surface area contributed by atoms with E-state index in [1.165, 1.54) is 4.90 Å². The lowest BCUT2D eigenvalue weighted by Crippen LogP contribution is -2.31. The molecule has 6 heteroatoms. The number of imide groups is 1. The number of hydrogen-bond donors (Lipinski definition) is 1. The van der Waals surface area contributed by atoms with Crippen molar-refractivity contribution in [2.45, 2.75) is 32.2 Å². The second-order valence-corrected chi connectivity index (χ2v) is 5.43. The van der Waals surface area contributed by atoms with E-state index in [1.807, 2.05) is 17.5 Å². The summed E-state index contributed by atoms with van der Waals surface area (Å²) < 4.78 is 0. The van der Waals surface area contributed by atoms with Gasteiger partial charge in [-0.3, -0.25) is 19.3 Å². The highest BCUT2D eigenvalue weighted by Crippen LogP contribution is 2.12. The van der Waals surface area contributed by atoms with Crippen molar-refractivity contribution in [1.82, 2.24) is 10.2 Å². The lowest BCUT2D eigenvalue weighted by Gasteiger charge is -2.13. The molecule has 1 N–H and O–H groups in total. The topological polar surface area (TPSA) is 66.5 Å². The van der Waals surface area contributed by atoms with Crippen LogP contribution in [0.5, 0.6) is 0 Å². The van der Waals surface area contributed by atoms with Crippen molar-refractivity contribution in [2.75, 3.05) is 6.54 Å². The molecule has 0 atom stereocenters. The monoisotopic (exact) mass is 280 g/mol. The van der Waals surface area contributed by atoms with Crippen molar-refractivity contribution < 1.29 is 14.4 Å². The number of likely N-dealkylation sites (tertiary alicyclic amines) is 1. The van der Waals surface area contributed by atoms with Crippen LogP contribution in [-0.4, -0.2) is 29.2 Å². The molecule has 1 aromatic heterocycles. The fourth-order valence-corrected chi connectivity index (χ4v) is 2.60. The van der Waals surface area contributed by atoms with Gasteiger partial charge in [0.05, 0.1) is 6.54 Å². The van der Waals surface area contributed by atoms with Gasteiger partial charge in [-0.15, -0.1) is 11.3 Å². The third-order valence-electron chi connectivity index (χ3n) is 2.98. The van der Waals surface area contributed by atoms with Gasteiger partial charge in [-0.2, -0.15) is 0 Å². The molecule has 102 valence electrons. The van der Waals surface area contributed by atoms with Gasteiger partial charge in [0.1, 0.15) is 0 Å². The largest absolute Gasteiger partial charge is 0.351 e. The van der Waals surface area contributed by atoms with Gasteiger partial charge in [-0.1, -0.05) is 6.07 Å². The summed E-state index contributed by atoms with van der Waals surface area (Å²) in [6.07, 6.45) is 1.48. The molecule has 2 heterocycles. The van der Waals surface area contributed by atoms with Crippen LogP contribution in [0.4, 0.5) is 0 Å². The number of thiophene rings is 1.